The number of carbonyl (C=O) groups is 1. The summed E-state index contributed by atoms with van der Waals surface area (Å²) >= 11 is 0. The van der Waals surface area contributed by atoms with Crippen molar-refractivity contribution in [3.05, 3.63) is 29.6 Å². The third kappa shape index (κ3) is 2.96. The van der Waals surface area contributed by atoms with Gasteiger partial charge in [0, 0.05) is 23.6 Å². The maximum atomic E-state index is 13.6. The summed E-state index contributed by atoms with van der Waals surface area (Å²) in [4.78, 5) is 14.0. The maximum Gasteiger partial charge on any atom is 0.491 e. The molecular formula is C13H17BFNO3. The molecule has 0 spiro atoms. The van der Waals surface area contributed by atoms with E-state index in [1.807, 2.05) is 6.92 Å². The zero-order valence-electron chi connectivity index (χ0n) is 10.8. The molecule has 1 atom stereocenters. The summed E-state index contributed by atoms with van der Waals surface area (Å²) in [6.45, 7) is 2.67. The minimum atomic E-state index is -1.86. The summed E-state index contributed by atoms with van der Waals surface area (Å²) < 4.78 is 13.6. The Morgan fingerprint density at radius 1 is 1.42 bits per heavy atom. The summed E-state index contributed by atoms with van der Waals surface area (Å²) in [7, 11) is -1.86. The fraction of sp³-hybridized carbons (Fsp3) is 0.462. The Kier molecular flexibility index (Phi) is 4.22. The molecule has 4 nitrogen and oxygen atoms in total. The van der Waals surface area contributed by atoms with Crippen LogP contribution in [0.2, 0.25) is 0 Å². The Morgan fingerprint density at radius 2 is 2.16 bits per heavy atom. The highest BCUT2D eigenvalue weighted by atomic mass is 19.1. The third-order valence-corrected chi connectivity index (χ3v) is 3.59. The van der Waals surface area contributed by atoms with Crippen LogP contribution < -0.4 is 5.46 Å². The molecule has 0 unspecified atom stereocenters. The Labute approximate surface area is 112 Å². The van der Waals surface area contributed by atoms with Crippen molar-refractivity contribution < 1.29 is 19.2 Å². The second-order valence-corrected chi connectivity index (χ2v) is 4.95. The van der Waals surface area contributed by atoms with Gasteiger partial charge in [-0.05, 0) is 38.3 Å². The van der Waals surface area contributed by atoms with E-state index in [9.17, 15) is 9.18 Å². The second-order valence-electron chi connectivity index (χ2n) is 4.95. The number of benzene rings is 1. The quantitative estimate of drug-likeness (QED) is 0.766. The standard InChI is InChI=1S/C13H17BFNO3/c1-9-4-2-3-7-16(9)13(17)10-5-6-11(14(18)19)12(15)8-10/h5-6,8-9,18-19H,2-4,7H2,1H3/t9-/m0/s1. The van der Waals surface area contributed by atoms with Crippen LogP contribution in [-0.4, -0.2) is 40.6 Å². The van der Waals surface area contributed by atoms with Gasteiger partial charge in [-0.2, -0.15) is 0 Å². The van der Waals surface area contributed by atoms with Crippen LogP contribution in [0.4, 0.5) is 4.39 Å². The van der Waals surface area contributed by atoms with Gasteiger partial charge in [-0.15, -0.1) is 0 Å². The molecule has 6 heteroatoms. The minimum absolute atomic E-state index is 0.160. The van der Waals surface area contributed by atoms with E-state index in [4.69, 9.17) is 10.0 Å². The van der Waals surface area contributed by atoms with Gasteiger partial charge in [0.25, 0.3) is 5.91 Å². The van der Waals surface area contributed by atoms with Crippen LogP contribution in [0, 0.1) is 5.82 Å². The molecule has 1 fully saturated rings. The second kappa shape index (κ2) is 5.71. The zero-order valence-corrected chi connectivity index (χ0v) is 10.8. The third-order valence-electron chi connectivity index (χ3n) is 3.59. The number of likely N-dealkylation sites (tertiary alicyclic amines) is 1. The Morgan fingerprint density at radius 3 is 2.74 bits per heavy atom. The molecule has 1 saturated heterocycles. The summed E-state index contributed by atoms with van der Waals surface area (Å²) in [5.41, 5.74) is 0.0268. The van der Waals surface area contributed by atoms with Crippen LogP contribution in [0.3, 0.4) is 0 Å². The Bertz CT molecular complexity index is 481. The highest BCUT2D eigenvalue weighted by Gasteiger charge is 2.25. The number of carbonyl (C=O) groups excluding carboxylic acids is 1. The normalized spacial score (nSPS) is 19.4. The smallest absolute Gasteiger partial charge is 0.423 e. The molecule has 0 saturated carbocycles. The number of nitrogens with zero attached hydrogens (tertiary/aromatic N) is 1. The van der Waals surface area contributed by atoms with Gasteiger partial charge in [-0.3, -0.25) is 4.79 Å². The molecule has 1 amide bonds. The first-order chi connectivity index (χ1) is 9.00. The molecule has 19 heavy (non-hydrogen) atoms. The molecule has 1 heterocycles. The largest absolute Gasteiger partial charge is 0.491 e. The summed E-state index contributed by atoms with van der Waals surface area (Å²) in [5, 5.41) is 17.9. The van der Waals surface area contributed by atoms with Gasteiger partial charge in [-0.25, -0.2) is 4.39 Å². The summed E-state index contributed by atoms with van der Waals surface area (Å²) in [6, 6.07) is 3.90. The first-order valence-electron chi connectivity index (χ1n) is 6.47. The van der Waals surface area contributed by atoms with Crippen LogP contribution in [0.15, 0.2) is 18.2 Å². The first-order valence-corrected chi connectivity index (χ1v) is 6.47. The average Bonchev–Trinajstić information content (AvgIpc) is 2.38. The van der Waals surface area contributed by atoms with Gasteiger partial charge in [0.05, 0.1) is 0 Å². The molecule has 1 aromatic rings. The average molecular weight is 265 g/mol. The van der Waals surface area contributed by atoms with Crippen molar-refractivity contribution in [2.45, 2.75) is 32.2 Å². The maximum absolute atomic E-state index is 13.6. The lowest BCUT2D eigenvalue weighted by molar-refractivity contribution is 0.0635. The summed E-state index contributed by atoms with van der Waals surface area (Å²) in [5.74, 6) is -0.976. The van der Waals surface area contributed by atoms with Crippen molar-refractivity contribution in [1.82, 2.24) is 4.90 Å². The molecule has 1 aromatic carbocycles. The molecule has 2 N–H and O–H groups in total. The zero-order chi connectivity index (χ0) is 14.0. The number of piperidine rings is 1. The fourth-order valence-electron chi connectivity index (χ4n) is 2.44. The topological polar surface area (TPSA) is 60.8 Å². The Balaban J connectivity index is 2.22. The lowest BCUT2D eigenvalue weighted by atomic mass is 9.79. The molecule has 0 bridgehead atoms. The van der Waals surface area contributed by atoms with E-state index in [1.165, 1.54) is 12.1 Å². The van der Waals surface area contributed by atoms with E-state index in [0.29, 0.717) is 6.54 Å². The van der Waals surface area contributed by atoms with Gasteiger partial charge >= 0.3 is 7.12 Å². The molecule has 2 rings (SSSR count). The number of halogens is 1. The van der Waals surface area contributed by atoms with E-state index in [2.05, 4.69) is 0 Å². The number of rotatable bonds is 2. The number of hydrogen-bond acceptors (Lipinski definition) is 3. The van der Waals surface area contributed by atoms with Gasteiger partial charge in [0.15, 0.2) is 0 Å². The van der Waals surface area contributed by atoms with Gasteiger partial charge in [0.1, 0.15) is 5.82 Å². The van der Waals surface area contributed by atoms with Crippen LogP contribution in [-0.2, 0) is 0 Å². The van der Waals surface area contributed by atoms with Crippen LogP contribution in [0.5, 0.6) is 0 Å². The van der Waals surface area contributed by atoms with Crippen molar-refractivity contribution in [2.75, 3.05) is 6.54 Å². The lowest BCUT2D eigenvalue weighted by Gasteiger charge is -2.33. The highest BCUT2D eigenvalue weighted by Crippen LogP contribution is 2.19. The van der Waals surface area contributed by atoms with Gasteiger partial charge in [-0.1, -0.05) is 6.07 Å². The minimum Gasteiger partial charge on any atom is -0.423 e. The van der Waals surface area contributed by atoms with E-state index < -0.39 is 12.9 Å². The van der Waals surface area contributed by atoms with E-state index in [-0.39, 0.29) is 23.0 Å². The van der Waals surface area contributed by atoms with Crippen LogP contribution >= 0.6 is 0 Å². The molecule has 1 aliphatic rings. The predicted octanol–water partition coefficient (Wildman–Crippen LogP) is 0.520. The molecule has 0 aliphatic carbocycles. The van der Waals surface area contributed by atoms with E-state index in [0.717, 1.165) is 25.3 Å². The van der Waals surface area contributed by atoms with Crippen LogP contribution in [0.25, 0.3) is 0 Å². The molecule has 0 radical (unpaired) electrons. The molecule has 1 aliphatic heterocycles. The van der Waals surface area contributed by atoms with Crippen molar-refractivity contribution in [3.63, 3.8) is 0 Å². The summed E-state index contributed by atoms with van der Waals surface area (Å²) in [6.07, 6.45) is 3.03. The van der Waals surface area contributed by atoms with Crippen molar-refractivity contribution in [1.29, 1.82) is 0 Å². The number of amides is 1. The molecule has 102 valence electrons. The lowest BCUT2D eigenvalue weighted by Crippen LogP contribution is -2.42. The van der Waals surface area contributed by atoms with Gasteiger partial charge in [0.2, 0.25) is 0 Å². The van der Waals surface area contributed by atoms with Crippen LogP contribution in [0.1, 0.15) is 36.5 Å². The highest BCUT2D eigenvalue weighted by molar-refractivity contribution is 6.58. The molecular weight excluding hydrogens is 248 g/mol. The monoisotopic (exact) mass is 265 g/mol. The SMILES string of the molecule is C[C@H]1CCCCN1C(=O)c1ccc(B(O)O)c(F)c1. The predicted molar refractivity (Wildman–Crippen MR) is 70.6 cm³/mol. The van der Waals surface area contributed by atoms with Crippen molar-refractivity contribution in [2.24, 2.45) is 0 Å². The van der Waals surface area contributed by atoms with E-state index >= 15 is 0 Å². The Hall–Kier alpha value is -1.40. The van der Waals surface area contributed by atoms with E-state index in [1.54, 1.807) is 4.90 Å². The molecule has 0 aromatic heterocycles. The first kappa shape index (κ1) is 14.0. The van der Waals surface area contributed by atoms with Crippen molar-refractivity contribution in [3.8, 4) is 0 Å². The van der Waals surface area contributed by atoms with Crippen molar-refractivity contribution >= 4 is 18.5 Å². The van der Waals surface area contributed by atoms with Gasteiger partial charge < -0.3 is 14.9 Å². The fourth-order valence-corrected chi connectivity index (χ4v) is 2.44. The number of hydrogen-bond donors (Lipinski definition) is 2.